The molecule has 0 fully saturated rings. The zero-order valence-corrected chi connectivity index (χ0v) is 45.3. The summed E-state index contributed by atoms with van der Waals surface area (Å²) < 4.78 is 4.83. The summed E-state index contributed by atoms with van der Waals surface area (Å²) in [4.78, 5) is 0. The van der Waals surface area contributed by atoms with Gasteiger partial charge in [-0.3, -0.25) is 0 Å². The molecule has 0 saturated carbocycles. The van der Waals surface area contributed by atoms with Crippen molar-refractivity contribution in [3.8, 4) is 55.9 Å². The lowest BCUT2D eigenvalue weighted by molar-refractivity contribution is 0.590. The van der Waals surface area contributed by atoms with Gasteiger partial charge in [0.1, 0.15) is 0 Å². The van der Waals surface area contributed by atoms with Crippen LogP contribution in [0.4, 0.5) is 0 Å². The van der Waals surface area contributed by atoms with E-state index in [1.807, 2.05) is 0 Å². The van der Waals surface area contributed by atoms with Crippen molar-refractivity contribution in [3.63, 3.8) is 0 Å². The first-order valence-electron chi connectivity index (χ1n) is 27.1. The molecule has 370 valence electrons. The molecule has 0 N–H and O–H groups in total. The van der Waals surface area contributed by atoms with E-state index in [0.29, 0.717) is 0 Å². The van der Waals surface area contributed by atoms with E-state index in [2.05, 4.69) is 296 Å². The van der Waals surface area contributed by atoms with Gasteiger partial charge in [-0.2, -0.15) is 0 Å². The second kappa shape index (κ2) is 17.6. The van der Waals surface area contributed by atoms with Crippen LogP contribution in [0.1, 0.15) is 79.0 Å². The number of hydrogen-bond acceptors (Lipinski definition) is 0. The van der Waals surface area contributed by atoms with Crippen LogP contribution in [0.5, 0.6) is 0 Å². The second-order valence-corrected chi connectivity index (χ2v) is 24.2. The fourth-order valence-electron chi connectivity index (χ4n) is 12.0. The maximum Gasteiger partial charge on any atom is 0.0541 e. The van der Waals surface area contributed by atoms with Gasteiger partial charge in [-0.25, -0.2) is 0 Å². The fourth-order valence-corrected chi connectivity index (χ4v) is 12.0. The highest BCUT2D eigenvalue weighted by molar-refractivity contribution is 6.22. The molecule has 2 nitrogen and oxygen atoms in total. The highest BCUT2D eigenvalue weighted by Crippen LogP contribution is 2.46. The van der Waals surface area contributed by atoms with Crippen LogP contribution in [0.3, 0.4) is 0 Å². The number of benzene rings is 11. The largest absolute Gasteiger partial charge is 0.309 e. The smallest absolute Gasteiger partial charge is 0.0541 e. The third kappa shape index (κ3) is 7.93. The summed E-state index contributed by atoms with van der Waals surface area (Å²) >= 11 is 0. The van der Waals surface area contributed by atoms with Crippen LogP contribution in [-0.4, -0.2) is 9.13 Å². The normalized spacial score (nSPS) is 12.5. The molecule has 2 heterocycles. The molecule has 0 aliphatic heterocycles. The van der Waals surface area contributed by atoms with Gasteiger partial charge >= 0.3 is 0 Å². The molecule has 13 rings (SSSR count). The molecule has 0 spiro atoms. The third-order valence-corrected chi connectivity index (χ3v) is 16.2. The minimum Gasteiger partial charge on any atom is -0.309 e. The van der Waals surface area contributed by atoms with E-state index < -0.39 is 0 Å². The Morgan fingerprint density at radius 3 is 0.947 bits per heavy atom. The van der Waals surface area contributed by atoms with Gasteiger partial charge in [0.2, 0.25) is 0 Å². The molecular weight excluding hydrogens is 917 g/mol. The minimum absolute atomic E-state index is 0.0231. The van der Waals surface area contributed by atoms with Crippen LogP contribution >= 0.6 is 0 Å². The first-order chi connectivity index (χ1) is 36.6. The van der Waals surface area contributed by atoms with Crippen molar-refractivity contribution >= 4 is 65.2 Å². The van der Waals surface area contributed by atoms with Crippen LogP contribution in [0, 0.1) is 0 Å². The van der Waals surface area contributed by atoms with E-state index in [-0.39, 0.29) is 16.2 Å². The van der Waals surface area contributed by atoms with Gasteiger partial charge in [-0.15, -0.1) is 0 Å². The molecule has 0 amide bonds. The van der Waals surface area contributed by atoms with Gasteiger partial charge in [-0.1, -0.05) is 220 Å². The van der Waals surface area contributed by atoms with E-state index in [1.165, 1.54) is 138 Å². The Morgan fingerprint density at radius 2 is 0.539 bits per heavy atom. The van der Waals surface area contributed by atoms with E-state index in [4.69, 9.17) is 0 Å². The maximum atomic E-state index is 2.47. The Hall–Kier alpha value is -8.46. The van der Waals surface area contributed by atoms with Crippen LogP contribution in [0.15, 0.2) is 224 Å². The number of rotatable bonds is 6. The summed E-state index contributed by atoms with van der Waals surface area (Å²) in [5, 5.41) is 10.1. The lowest BCUT2D eigenvalue weighted by Crippen LogP contribution is -2.10. The van der Waals surface area contributed by atoms with Crippen LogP contribution in [0.25, 0.3) is 121 Å². The Kier molecular flexibility index (Phi) is 10.9. The Morgan fingerprint density at radius 1 is 0.224 bits per heavy atom. The van der Waals surface area contributed by atoms with E-state index in [1.54, 1.807) is 0 Å². The summed E-state index contributed by atoms with van der Waals surface area (Å²) in [6.45, 7) is 20.6. The molecule has 0 unspecified atom stereocenters. The molecule has 0 radical (unpaired) electrons. The number of aromatic nitrogens is 2. The van der Waals surface area contributed by atoms with Gasteiger partial charge in [0.05, 0.1) is 22.1 Å². The van der Waals surface area contributed by atoms with Crippen molar-refractivity contribution in [2.45, 2.75) is 78.6 Å². The average Bonchev–Trinajstić information content (AvgIpc) is 4.04. The topological polar surface area (TPSA) is 9.86 Å². The summed E-state index contributed by atoms with van der Waals surface area (Å²) in [6.07, 6.45) is 0. The van der Waals surface area contributed by atoms with Crippen LogP contribution < -0.4 is 0 Å². The summed E-state index contributed by atoms with van der Waals surface area (Å²) in [5.74, 6) is 0. The molecule has 2 heteroatoms. The predicted octanol–water partition coefficient (Wildman–Crippen LogP) is 20.7. The molecule has 76 heavy (non-hydrogen) atoms. The van der Waals surface area contributed by atoms with Crippen molar-refractivity contribution in [1.29, 1.82) is 0 Å². The molecule has 11 aromatic carbocycles. The Labute approximate surface area is 447 Å². The van der Waals surface area contributed by atoms with Crippen molar-refractivity contribution in [3.05, 3.63) is 241 Å². The summed E-state index contributed by atoms with van der Waals surface area (Å²) in [6, 6.07) is 84.7. The lowest BCUT2D eigenvalue weighted by atomic mass is 9.81. The molecule has 13 aromatic rings. The van der Waals surface area contributed by atoms with Crippen LogP contribution in [0.2, 0.25) is 0 Å². The minimum atomic E-state index is -0.0231. The molecule has 0 atom stereocenters. The van der Waals surface area contributed by atoms with Gasteiger partial charge < -0.3 is 9.13 Å². The van der Waals surface area contributed by atoms with Crippen molar-refractivity contribution in [2.75, 3.05) is 0 Å². The number of para-hydroxylation sites is 2. The number of fused-ring (bicyclic) bond motifs is 8. The highest BCUT2D eigenvalue weighted by Gasteiger charge is 2.23. The molecule has 0 bridgehead atoms. The Bertz CT molecular complexity index is 4390. The van der Waals surface area contributed by atoms with Gasteiger partial charge in [0.15, 0.2) is 0 Å². The standard InChI is InChI=1S/C74H64N2/c1-72(2,3)53-32-37-56(38-33-53)75-66-20-14-12-16-58(66)63-44-51(30-42-68(63)75)47-22-26-49(27-23-47)70-60-18-10-11-19-61(60)71(65-46-55(74(7,8)9)36-41-62(65)70)50-28-24-48(25-29-50)52-31-43-69-64(45-52)59-17-13-15-21-67(59)76(69)57-39-34-54(35-40-57)73(4,5)6/h10-46H,1-9H3. The molecule has 0 aliphatic carbocycles. The Balaban J connectivity index is 0.888. The third-order valence-electron chi connectivity index (χ3n) is 16.2. The second-order valence-electron chi connectivity index (χ2n) is 24.2. The van der Waals surface area contributed by atoms with Gasteiger partial charge in [0, 0.05) is 32.9 Å². The zero-order chi connectivity index (χ0) is 52.3. The van der Waals surface area contributed by atoms with Crippen LogP contribution in [-0.2, 0) is 16.2 Å². The SMILES string of the molecule is CC(C)(C)c1ccc(-n2c3ccccc3c3cc(-c4ccc(-c5c6ccccc6c(-c6ccc(-c7ccc8c(c7)c7ccccc7n8-c7ccc(C(C)(C)C)cc7)cc6)c6cc(C(C)(C)C)ccc56)cc4)ccc32)cc1. The molecule has 2 aromatic heterocycles. The number of hydrogen-bond donors (Lipinski definition) is 0. The quantitative estimate of drug-likeness (QED) is 0.147. The monoisotopic (exact) mass is 981 g/mol. The van der Waals surface area contributed by atoms with E-state index >= 15 is 0 Å². The fraction of sp³-hybridized carbons (Fsp3) is 0.162. The van der Waals surface area contributed by atoms with Gasteiger partial charge in [0.25, 0.3) is 0 Å². The summed E-state index contributed by atoms with van der Waals surface area (Å²) in [5.41, 5.74) is 21.2. The molecule has 0 saturated heterocycles. The molecular formula is C74H64N2. The highest BCUT2D eigenvalue weighted by atomic mass is 15.0. The first kappa shape index (κ1) is 47.3. The maximum absolute atomic E-state index is 2.47. The number of nitrogens with zero attached hydrogens (tertiary/aromatic N) is 2. The molecule has 0 aliphatic rings. The van der Waals surface area contributed by atoms with Crippen molar-refractivity contribution < 1.29 is 0 Å². The first-order valence-corrected chi connectivity index (χ1v) is 27.1. The lowest BCUT2D eigenvalue weighted by Gasteiger charge is -2.23. The average molecular weight is 981 g/mol. The summed E-state index contributed by atoms with van der Waals surface area (Å²) in [7, 11) is 0. The van der Waals surface area contributed by atoms with Crippen molar-refractivity contribution in [1.82, 2.24) is 9.13 Å². The van der Waals surface area contributed by atoms with Crippen molar-refractivity contribution in [2.24, 2.45) is 0 Å². The predicted molar refractivity (Wildman–Crippen MR) is 328 cm³/mol. The van der Waals surface area contributed by atoms with E-state index in [0.717, 1.165) is 0 Å². The van der Waals surface area contributed by atoms with E-state index in [9.17, 15) is 0 Å². The zero-order valence-electron chi connectivity index (χ0n) is 45.3. The van der Waals surface area contributed by atoms with Gasteiger partial charge in [-0.05, 0) is 166 Å².